The second kappa shape index (κ2) is 10.5. The van der Waals surface area contributed by atoms with Gasteiger partial charge in [-0.3, -0.25) is 4.98 Å². The Morgan fingerprint density at radius 1 is 0.717 bits per heavy atom. The van der Waals surface area contributed by atoms with Crippen LogP contribution in [0.25, 0.3) is 69.8 Å². The summed E-state index contributed by atoms with van der Waals surface area (Å²) in [6, 6.07) is 31.9. The van der Waals surface area contributed by atoms with Crippen molar-refractivity contribution in [1.29, 1.82) is 0 Å². The molecular weight excluding hydrogens is 579 g/mol. The van der Waals surface area contributed by atoms with Gasteiger partial charge < -0.3 is 0 Å². The molecule has 4 heteroatoms. The van der Waals surface area contributed by atoms with E-state index < -0.39 is 0 Å². The van der Waals surface area contributed by atoms with Crippen LogP contribution < -0.4 is 4.57 Å². The van der Waals surface area contributed by atoms with Crippen LogP contribution in [0.2, 0.25) is 0 Å². The molecule has 0 fully saturated rings. The molecule has 0 aliphatic carbocycles. The van der Waals surface area contributed by atoms with Gasteiger partial charge in [0.1, 0.15) is 5.69 Å². The lowest BCUT2D eigenvalue weighted by molar-refractivity contribution is -0.557. The zero-order valence-electron chi connectivity index (χ0n) is 28.0. The molecule has 0 saturated carbocycles. The van der Waals surface area contributed by atoms with Gasteiger partial charge in [0, 0.05) is 43.1 Å². The summed E-state index contributed by atoms with van der Waals surface area (Å²) in [6.45, 7) is 15.8. The summed E-state index contributed by atoms with van der Waals surface area (Å²) in [6.07, 6.45) is 0. The Balaban J connectivity index is 1.49. The van der Waals surface area contributed by atoms with Gasteiger partial charge in [0.05, 0.1) is 18.3 Å². The van der Waals surface area contributed by atoms with E-state index in [1.165, 1.54) is 86.5 Å². The quantitative estimate of drug-likeness (QED) is 0.142. The Morgan fingerprint density at radius 2 is 1.41 bits per heavy atom. The smallest absolute Gasteiger partial charge is 0.254 e. The number of para-hydroxylation sites is 1. The third-order valence-electron chi connectivity index (χ3n) is 9.93. The molecule has 3 aromatic heterocycles. The lowest BCUT2D eigenvalue weighted by atomic mass is 9.92. The molecule has 0 radical (unpaired) electrons. The molecule has 0 bridgehead atoms. The van der Waals surface area contributed by atoms with Crippen LogP contribution in [-0.4, -0.2) is 9.55 Å². The van der Waals surface area contributed by atoms with Gasteiger partial charge in [-0.15, -0.1) is 11.3 Å². The summed E-state index contributed by atoms with van der Waals surface area (Å²) < 4.78 is 7.65. The van der Waals surface area contributed by atoms with E-state index >= 15 is 0 Å². The highest BCUT2D eigenvalue weighted by Gasteiger charge is 2.33. The topological polar surface area (TPSA) is 21.7 Å². The molecule has 0 amide bonds. The zero-order valence-corrected chi connectivity index (χ0v) is 28.8. The molecule has 0 unspecified atom stereocenters. The van der Waals surface area contributed by atoms with Gasteiger partial charge in [0.25, 0.3) is 5.82 Å². The first kappa shape index (κ1) is 28.9. The van der Waals surface area contributed by atoms with E-state index in [0.29, 0.717) is 11.8 Å². The SMILES string of the molecule is Cc1cc2c(c(C)n1)[n+](-c1c(C(C)C)cccc1C(C)C)c(-c1ccc3c(sc4ccc5cc6ccccc6cc5c43)c1C)n2C. The fourth-order valence-corrected chi connectivity index (χ4v) is 8.94. The first-order valence-electron chi connectivity index (χ1n) is 16.4. The van der Waals surface area contributed by atoms with Gasteiger partial charge in [-0.2, -0.15) is 4.57 Å². The Labute approximate surface area is 274 Å². The minimum absolute atomic E-state index is 0.374. The first-order chi connectivity index (χ1) is 22.1. The highest BCUT2D eigenvalue weighted by atomic mass is 32.1. The van der Waals surface area contributed by atoms with Gasteiger partial charge in [-0.05, 0) is 84.0 Å². The van der Waals surface area contributed by atoms with Gasteiger partial charge in [0.15, 0.2) is 5.52 Å². The number of thiophene rings is 1. The largest absolute Gasteiger partial charge is 0.295 e. The lowest BCUT2D eigenvalue weighted by Crippen LogP contribution is -2.37. The number of pyridine rings is 1. The van der Waals surface area contributed by atoms with Gasteiger partial charge in [0.2, 0.25) is 5.52 Å². The lowest BCUT2D eigenvalue weighted by Gasteiger charge is -2.19. The average Bonchev–Trinajstić information content (AvgIpc) is 3.56. The van der Waals surface area contributed by atoms with Crippen LogP contribution in [-0.2, 0) is 7.05 Å². The molecule has 3 nitrogen and oxygen atoms in total. The van der Waals surface area contributed by atoms with Gasteiger partial charge in [-0.1, -0.05) is 82.3 Å². The molecule has 0 saturated heterocycles. The number of imidazole rings is 1. The second-order valence-corrected chi connectivity index (χ2v) is 14.7. The third-order valence-corrected chi connectivity index (χ3v) is 11.2. The van der Waals surface area contributed by atoms with Crippen molar-refractivity contribution in [3.63, 3.8) is 0 Å². The highest BCUT2D eigenvalue weighted by Crippen LogP contribution is 2.44. The van der Waals surface area contributed by atoms with Crippen molar-refractivity contribution in [2.75, 3.05) is 0 Å². The maximum absolute atomic E-state index is 5.00. The van der Waals surface area contributed by atoms with Crippen molar-refractivity contribution in [2.24, 2.45) is 7.05 Å². The average molecular weight is 619 g/mol. The van der Waals surface area contributed by atoms with Gasteiger partial charge >= 0.3 is 0 Å². The molecule has 0 aliphatic heterocycles. The number of aromatic nitrogens is 3. The van der Waals surface area contributed by atoms with Crippen LogP contribution in [0.4, 0.5) is 0 Å². The minimum Gasteiger partial charge on any atom is -0.254 e. The van der Waals surface area contributed by atoms with E-state index in [1.807, 2.05) is 11.3 Å². The molecular formula is C42H40N3S+. The standard InChI is InChI=1S/C42H40N3S/c1-23(2)31-14-11-15-32(24(3)4)40(31)45-39-27(7)43-25(5)20-36(39)44(8)42(45)33-17-18-34-38-35-22-29-13-10-9-12-28(29)21-30(35)16-19-37(38)46-41(34)26(33)6/h9-24H,1-8H3/q+1. The van der Waals surface area contributed by atoms with Crippen LogP contribution in [0.5, 0.6) is 0 Å². The summed E-state index contributed by atoms with van der Waals surface area (Å²) in [5, 5.41) is 7.91. The Hall–Kier alpha value is -4.54. The van der Waals surface area contributed by atoms with E-state index in [9.17, 15) is 0 Å². The molecule has 5 aromatic carbocycles. The summed E-state index contributed by atoms with van der Waals surface area (Å²) in [4.78, 5) is 5.00. The molecule has 8 rings (SSSR count). The van der Waals surface area contributed by atoms with E-state index in [2.05, 4.69) is 150 Å². The van der Waals surface area contributed by atoms with Crippen LogP contribution >= 0.6 is 11.3 Å². The third kappa shape index (κ3) is 4.16. The number of hydrogen-bond acceptors (Lipinski definition) is 2. The predicted molar refractivity (Wildman–Crippen MR) is 198 cm³/mol. The fraction of sp³-hybridized carbons (Fsp3) is 0.238. The highest BCUT2D eigenvalue weighted by molar-refractivity contribution is 7.26. The zero-order chi connectivity index (χ0) is 32.0. The number of fused-ring (bicyclic) bond motifs is 7. The van der Waals surface area contributed by atoms with Crippen molar-refractivity contribution < 1.29 is 4.57 Å². The predicted octanol–water partition coefficient (Wildman–Crippen LogP) is 11.4. The Kier molecular flexibility index (Phi) is 6.60. The summed E-state index contributed by atoms with van der Waals surface area (Å²) in [5.74, 6) is 1.95. The number of nitrogens with zero attached hydrogens (tertiary/aromatic N) is 3. The van der Waals surface area contributed by atoms with Crippen molar-refractivity contribution >= 4 is 64.1 Å². The first-order valence-corrected chi connectivity index (χ1v) is 17.2. The molecule has 0 atom stereocenters. The van der Waals surface area contributed by atoms with Crippen molar-refractivity contribution in [1.82, 2.24) is 9.55 Å². The normalized spacial score (nSPS) is 12.3. The second-order valence-electron chi connectivity index (χ2n) is 13.6. The van der Waals surface area contributed by atoms with E-state index in [1.54, 1.807) is 0 Å². The van der Waals surface area contributed by atoms with Crippen molar-refractivity contribution in [2.45, 2.75) is 60.3 Å². The molecule has 0 spiro atoms. The molecule has 3 heterocycles. The maximum atomic E-state index is 5.00. The molecule has 8 aromatic rings. The number of rotatable bonds is 4. The van der Waals surface area contributed by atoms with Crippen molar-refractivity contribution in [3.05, 3.63) is 113 Å². The number of aryl methyl sites for hydroxylation is 4. The Morgan fingerprint density at radius 3 is 2.11 bits per heavy atom. The maximum Gasteiger partial charge on any atom is 0.295 e. The number of benzene rings is 5. The minimum atomic E-state index is 0.374. The monoisotopic (exact) mass is 618 g/mol. The van der Waals surface area contributed by atoms with Crippen LogP contribution in [0.15, 0.2) is 84.9 Å². The Bertz CT molecular complexity index is 2500. The fourth-order valence-electron chi connectivity index (χ4n) is 7.72. The molecule has 228 valence electrons. The molecule has 0 N–H and O–H groups in total. The summed E-state index contributed by atoms with van der Waals surface area (Å²) in [7, 11) is 2.23. The van der Waals surface area contributed by atoms with E-state index in [0.717, 1.165) is 11.4 Å². The summed E-state index contributed by atoms with van der Waals surface area (Å²) in [5.41, 5.74) is 11.1. The van der Waals surface area contributed by atoms with E-state index in [-0.39, 0.29) is 0 Å². The van der Waals surface area contributed by atoms with Gasteiger partial charge in [-0.25, -0.2) is 4.57 Å². The van der Waals surface area contributed by atoms with Crippen LogP contribution in [0.1, 0.15) is 67.6 Å². The number of hydrogen-bond donors (Lipinski definition) is 0. The van der Waals surface area contributed by atoms with Crippen LogP contribution in [0.3, 0.4) is 0 Å². The summed E-state index contributed by atoms with van der Waals surface area (Å²) >= 11 is 1.92. The molecule has 46 heavy (non-hydrogen) atoms. The van der Waals surface area contributed by atoms with Crippen LogP contribution in [0, 0.1) is 20.8 Å². The van der Waals surface area contributed by atoms with E-state index in [4.69, 9.17) is 4.98 Å². The van der Waals surface area contributed by atoms with Crippen molar-refractivity contribution in [3.8, 4) is 17.1 Å². The molecule has 0 aliphatic rings.